The van der Waals surface area contributed by atoms with Gasteiger partial charge in [0.25, 0.3) is 5.56 Å². The smallest absolute Gasteiger partial charge is 0.255 e. The van der Waals surface area contributed by atoms with Crippen molar-refractivity contribution in [2.24, 2.45) is 0 Å². The van der Waals surface area contributed by atoms with Crippen molar-refractivity contribution < 1.29 is 9.59 Å². The van der Waals surface area contributed by atoms with Crippen molar-refractivity contribution in [2.75, 3.05) is 26.2 Å². The minimum Gasteiger partial charge on any atom is -0.339 e. The van der Waals surface area contributed by atoms with Gasteiger partial charge in [0.15, 0.2) is 0 Å². The van der Waals surface area contributed by atoms with E-state index >= 15 is 0 Å². The van der Waals surface area contributed by atoms with Gasteiger partial charge in [0, 0.05) is 50.3 Å². The van der Waals surface area contributed by atoms with Gasteiger partial charge in [-0.1, -0.05) is 18.2 Å². The van der Waals surface area contributed by atoms with Gasteiger partial charge in [-0.25, -0.2) is 0 Å². The summed E-state index contributed by atoms with van der Waals surface area (Å²) in [7, 11) is 0. The third-order valence-corrected chi connectivity index (χ3v) is 4.22. The summed E-state index contributed by atoms with van der Waals surface area (Å²) in [5, 5.41) is 0.916. The van der Waals surface area contributed by atoms with Crippen LogP contribution in [0.15, 0.2) is 41.2 Å². The zero-order valence-electron chi connectivity index (χ0n) is 13.5. The molecule has 6 nitrogen and oxygen atoms in total. The second-order valence-electron chi connectivity index (χ2n) is 5.81. The molecule has 0 radical (unpaired) electrons. The average molecular weight is 325 g/mol. The molecule has 1 aliphatic rings. The Morgan fingerprint density at radius 3 is 2.46 bits per heavy atom. The van der Waals surface area contributed by atoms with E-state index in [1.54, 1.807) is 21.9 Å². The minimum atomic E-state index is -0.223. The lowest BCUT2D eigenvalue weighted by molar-refractivity contribution is -0.135. The molecule has 2 amide bonds. The molecule has 24 heavy (non-hydrogen) atoms. The highest BCUT2D eigenvalue weighted by Gasteiger charge is 2.20. The fourth-order valence-electron chi connectivity index (χ4n) is 2.80. The number of pyridine rings is 1. The van der Waals surface area contributed by atoms with E-state index in [0.717, 1.165) is 10.9 Å². The molecule has 1 aliphatic heterocycles. The Hall–Kier alpha value is -2.89. The molecule has 0 saturated carbocycles. The number of benzene rings is 1. The highest BCUT2D eigenvalue weighted by atomic mass is 16.2. The molecule has 0 aliphatic carbocycles. The molecule has 2 aromatic rings. The summed E-state index contributed by atoms with van der Waals surface area (Å²) in [6.45, 7) is 3.65. The molecule has 1 fully saturated rings. The number of hydrogen-bond acceptors (Lipinski definition) is 3. The van der Waals surface area contributed by atoms with Gasteiger partial charge in [-0.05, 0) is 23.6 Å². The van der Waals surface area contributed by atoms with Crippen LogP contribution in [0.3, 0.4) is 0 Å². The number of rotatable bonds is 2. The van der Waals surface area contributed by atoms with Crippen molar-refractivity contribution in [3.8, 4) is 0 Å². The van der Waals surface area contributed by atoms with Crippen molar-refractivity contribution in [1.29, 1.82) is 0 Å². The largest absolute Gasteiger partial charge is 0.339 e. The highest BCUT2D eigenvalue weighted by Crippen LogP contribution is 2.11. The SMILES string of the molecule is CC(=O)N1CCN(C(=O)/C=C/c2cc3ccccc3[nH]c2=O)CC1. The number of hydrogen-bond donors (Lipinski definition) is 1. The van der Waals surface area contributed by atoms with E-state index in [-0.39, 0.29) is 17.4 Å². The summed E-state index contributed by atoms with van der Waals surface area (Å²) < 4.78 is 0. The molecule has 1 N–H and O–H groups in total. The average Bonchev–Trinajstić information content (AvgIpc) is 2.59. The Bertz CT molecular complexity index is 861. The number of carbonyl (C=O) groups excluding carboxylic acids is 2. The van der Waals surface area contributed by atoms with Crippen LogP contribution in [0, 0.1) is 0 Å². The molecule has 124 valence electrons. The summed E-state index contributed by atoms with van der Waals surface area (Å²) in [6.07, 6.45) is 2.97. The van der Waals surface area contributed by atoms with Crippen LogP contribution in [-0.2, 0) is 9.59 Å². The molecule has 0 atom stereocenters. The fourth-order valence-corrected chi connectivity index (χ4v) is 2.80. The topological polar surface area (TPSA) is 73.5 Å². The summed E-state index contributed by atoms with van der Waals surface area (Å²) in [4.78, 5) is 41.8. The van der Waals surface area contributed by atoms with E-state index in [9.17, 15) is 14.4 Å². The van der Waals surface area contributed by atoms with E-state index < -0.39 is 0 Å². The molecular formula is C18H19N3O3. The van der Waals surface area contributed by atoms with Crippen LogP contribution >= 0.6 is 0 Å². The van der Waals surface area contributed by atoms with Gasteiger partial charge < -0.3 is 14.8 Å². The number of nitrogens with zero attached hydrogens (tertiary/aromatic N) is 2. The molecule has 0 unspecified atom stereocenters. The summed E-state index contributed by atoms with van der Waals surface area (Å²) in [5.41, 5.74) is 0.995. The normalized spacial score (nSPS) is 15.2. The Morgan fingerprint density at radius 1 is 1.08 bits per heavy atom. The molecular weight excluding hydrogens is 306 g/mol. The first kappa shape index (κ1) is 16.0. The first-order valence-corrected chi connectivity index (χ1v) is 7.89. The monoisotopic (exact) mass is 325 g/mol. The molecule has 1 aromatic heterocycles. The van der Waals surface area contributed by atoms with E-state index in [0.29, 0.717) is 31.7 Å². The van der Waals surface area contributed by atoms with Crippen molar-refractivity contribution >= 4 is 28.8 Å². The standard InChI is InChI=1S/C18H19N3O3/c1-13(22)20-8-10-21(11-9-20)17(23)7-6-15-12-14-4-2-3-5-16(14)19-18(15)24/h2-7,12H,8-11H2,1H3,(H,19,24)/b7-6+. The Labute approximate surface area is 139 Å². The Kier molecular flexibility index (Phi) is 4.46. The number of para-hydroxylation sites is 1. The number of aromatic nitrogens is 1. The molecule has 0 spiro atoms. The number of amides is 2. The van der Waals surface area contributed by atoms with Gasteiger partial charge >= 0.3 is 0 Å². The van der Waals surface area contributed by atoms with E-state index in [1.807, 2.05) is 24.3 Å². The molecule has 0 bridgehead atoms. The van der Waals surface area contributed by atoms with Crippen molar-refractivity contribution in [2.45, 2.75) is 6.92 Å². The van der Waals surface area contributed by atoms with Gasteiger partial charge in [-0.3, -0.25) is 14.4 Å². The fraction of sp³-hybridized carbons (Fsp3) is 0.278. The lowest BCUT2D eigenvalue weighted by Gasteiger charge is -2.33. The molecule has 6 heteroatoms. The molecule has 1 saturated heterocycles. The predicted octanol–water partition coefficient (Wildman–Crippen LogP) is 1.23. The number of carbonyl (C=O) groups is 2. The molecule has 1 aromatic carbocycles. The third kappa shape index (κ3) is 3.37. The van der Waals surface area contributed by atoms with E-state index in [2.05, 4.69) is 4.98 Å². The maximum absolute atomic E-state index is 12.2. The second-order valence-corrected chi connectivity index (χ2v) is 5.81. The van der Waals surface area contributed by atoms with Gasteiger partial charge in [-0.2, -0.15) is 0 Å². The number of fused-ring (bicyclic) bond motifs is 1. The van der Waals surface area contributed by atoms with Gasteiger partial charge in [-0.15, -0.1) is 0 Å². The van der Waals surface area contributed by atoms with E-state index in [4.69, 9.17) is 0 Å². The first-order valence-electron chi connectivity index (χ1n) is 7.89. The summed E-state index contributed by atoms with van der Waals surface area (Å²) >= 11 is 0. The van der Waals surface area contributed by atoms with Crippen molar-refractivity contribution in [3.05, 3.63) is 52.3 Å². The number of piperazine rings is 1. The van der Waals surface area contributed by atoms with Crippen LogP contribution in [0.1, 0.15) is 12.5 Å². The van der Waals surface area contributed by atoms with Crippen molar-refractivity contribution in [3.63, 3.8) is 0 Å². The van der Waals surface area contributed by atoms with Crippen LogP contribution in [0.25, 0.3) is 17.0 Å². The first-order chi connectivity index (χ1) is 11.5. The summed E-state index contributed by atoms with van der Waals surface area (Å²) in [6, 6.07) is 9.27. The van der Waals surface area contributed by atoms with Crippen LogP contribution in [0.2, 0.25) is 0 Å². The minimum absolute atomic E-state index is 0.0281. The maximum atomic E-state index is 12.2. The third-order valence-electron chi connectivity index (χ3n) is 4.22. The lowest BCUT2D eigenvalue weighted by atomic mass is 10.1. The molecule has 3 rings (SSSR count). The Balaban J connectivity index is 1.72. The van der Waals surface area contributed by atoms with Crippen molar-refractivity contribution in [1.82, 2.24) is 14.8 Å². The van der Waals surface area contributed by atoms with Crippen LogP contribution in [0.4, 0.5) is 0 Å². The quantitative estimate of drug-likeness (QED) is 0.844. The Morgan fingerprint density at radius 2 is 1.75 bits per heavy atom. The zero-order chi connectivity index (χ0) is 17.1. The molecule has 2 heterocycles. The lowest BCUT2D eigenvalue weighted by Crippen LogP contribution is -2.49. The number of H-pyrrole nitrogens is 1. The second kappa shape index (κ2) is 6.70. The zero-order valence-corrected chi connectivity index (χ0v) is 13.5. The predicted molar refractivity (Wildman–Crippen MR) is 92.4 cm³/mol. The highest BCUT2D eigenvalue weighted by molar-refractivity contribution is 5.92. The van der Waals surface area contributed by atoms with Crippen LogP contribution in [-0.4, -0.2) is 52.8 Å². The maximum Gasteiger partial charge on any atom is 0.255 e. The number of nitrogens with one attached hydrogen (secondary N) is 1. The van der Waals surface area contributed by atoms with Gasteiger partial charge in [0.2, 0.25) is 11.8 Å². The van der Waals surface area contributed by atoms with Gasteiger partial charge in [0.1, 0.15) is 0 Å². The summed E-state index contributed by atoms with van der Waals surface area (Å²) in [5.74, 6) is -0.119. The van der Waals surface area contributed by atoms with Crippen LogP contribution in [0.5, 0.6) is 0 Å². The van der Waals surface area contributed by atoms with Crippen LogP contribution < -0.4 is 5.56 Å². The van der Waals surface area contributed by atoms with Gasteiger partial charge in [0.05, 0.1) is 0 Å². The number of aromatic amines is 1. The van der Waals surface area contributed by atoms with E-state index in [1.165, 1.54) is 13.0 Å².